The first-order valence-corrected chi connectivity index (χ1v) is 6.30. The molecule has 4 heteroatoms. The summed E-state index contributed by atoms with van der Waals surface area (Å²) in [5.74, 6) is 0.663. The summed E-state index contributed by atoms with van der Waals surface area (Å²) >= 11 is -1.24. The Labute approximate surface area is 94.7 Å². The lowest BCUT2D eigenvalue weighted by atomic mass is 9.91. The highest BCUT2D eigenvalue weighted by molar-refractivity contribution is 14.1. The van der Waals surface area contributed by atoms with Gasteiger partial charge >= 0.3 is 0 Å². The van der Waals surface area contributed by atoms with Gasteiger partial charge in [0, 0.05) is 24.5 Å². The van der Waals surface area contributed by atoms with E-state index in [1.807, 2.05) is 18.3 Å². The third-order valence-corrected chi connectivity index (χ3v) is 2.59. The highest BCUT2D eigenvalue weighted by Crippen LogP contribution is 2.22. The van der Waals surface area contributed by atoms with Crippen molar-refractivity contribution in [1.82, 2.24) is 4.98 Å². The van der Waals surface area contributed by atoms with Crippen molar-refractivity contribution in [2.75, 3.05) is 0 Å². The minimum absolute atomic E-state index is 0.220. The largest absolute Gasteiger partial charge is 0.294 e. The highest BCUT2D eigenvalue weighted by Gasteiger charge is 2.13. The maximum Gasteiger partial charge on any atom is 0.294 e. The summed E-state index contributed by atoms with van der Waals surface area (Å²) in [6, 6.07) is 3.93. The third-order valence-electron chi connectivity index (χ3n) is 2.04. The summed E-state index contributed by atoms with van der Waals surface area (Å²) in [7, 11) is 0. The molecule has 1 unspecified atom stereocenters. The van der Waals surface area contributed by atoms with Crippen LogP contribution < -0.4 is 0 Å². The Morgan fingerprint density at radius 2 is 2.36 bits per heavy atom. The van der Waals surface area contributed by atoms with Crippen LogP contribution in [0.15, 0.2) is 27.7 Å². The Kier molecular flexibility index (Phi) is 4.86. The molecular weight excluding hydrogens is 291 g/mol. The molecule has 0 fully saturated rings. The topological polar surface area (TPSA) is 42.3 Å². The van der Waals surface area contributed by atoms with E-state index >= 15 is 0 Å². The predicted octanol–water partition coefficient (Wildman–Crippen LogP) is 3.12. The van der Waals surface area contributed by atoms with Crippen LogP contribution in [0.3, 0.4) is 0 Å². The van der Waals surface area contributed by atoms with Crippen molar-refractivity contribution in [1.29, 1.82) is 0 Å². The second kappa shape index (κ2) is 5.95. The zero-order valence-corrected chi connectivity index (χ0v) is 10.4. The normalized spacial score (nSPS) is 13.6. The molecule has 0 saturated heterocycles. The average molecular weight is 304 g/mol. The van der Waals surface area contributed by atoms with Crippen molar-refractivity contribution < 1.29 is 3.07 Å². The molecular formula is C10H13IN2O. The minimum Gasteiger partial charge on any atom is -0.264 e. The van der Waals surface area contributed by atoms with Crippen LogP contribution in [0.2, 0.25) is 0 Å². The Hall–Kier alpha value is -0.650. The number of nitrogens with zero attached hydrogens (tertiary/aromatic N) is 2. The second-order valence-electron chi connectivity index (χ2n) is 3.37. The molecule has 0 radical (unpaired) electrons. The summed E-state index contributed by atoms with van der Waals surface area (Å²) in [6.45, 7) is 4.24. The van der Waals surface area contributed by atoms with Gasteiger partial charge in [-0.05, 0) is 17.5 Å². The van der Waals surface area contributed by atoms with Gasteiger partial charge in [-0.2, -0.15) is 3.21 Å². The maximum atomic E-state index is 10.4. The first-order chi connectivity index (χ1) is 6.75. The summed E-state index contributed by atoms with van der Waals surface area (Å²) in [5.41, 5.74) is 1.13. The standard InChI is InChI=1S/C10H13IN2O/c1-8(2)10(7-13-11-14)9-4-3-5-12-6-9/h3-8,10H,1-2H3/b13-7+. The number of halogens is 1. The Bertz CT molecular complexity index is 311. The van der Waals surface area contributed by atoms with Crippen molar-refractivity contribution in [3.8, 4) is 0 Å². The smallest absolute Gasteiger partial charge is 0.264 e. The molecule has 76 valence electrons. The summed E-state index contributed by atoms with van der Waals surface area (Å²) in [5, 5.41) is 0. The Morgan fingerprint density at radius 3 is 2.86 bits per heavy atom. The molecule has 3 nitrogen and oxygen atoms in total. The zero-order valence-electron chi connectivity index (χ0n) is 8.22. The molecule has 0 aliphatic rings. The van der Waals surface area contributed by atoms with Crippen LogP contribution in [0.25, 0.3) is 0 Å². The summed E-state index contributed by atoms with van der Waals surface area (Å²) in [6.07, 6.45) is 5.36. The van der Waals surface area contributed by atoms with Gasteiger partial charge < -0.3 is 0 Å². The molecule has 0 spiro atoms. The maximum absolute atomic E-state index is 10.4. The van der Waals surface area contributed by atoms with Crippen LogP contribution >= 0.6 is 21.5 Å². The molecule has 1 atom stereocenters. The van der Waals surface area contributed by atoms with Crippen molar-refractivity contribution >= 4 is 27.7 Å². The first kappa shape index (κ1) is 11.4. The summed E-state index contributed by atoms with van der Waals surface area (Å²) < 4.78 is 14.3. The number of pyridine rings is 1. The van der Waals surface area contributed by atoms with Crippen molar-refractivity contribution in [3.63, 3.8) is 0 Å². The van der Waals surface area contributed by atoms with Crippen LogP contribution in [-0.4, -0.2) is 11.2 Å². The first-order valence-electron chi connectivity index (χ1n) is 4.45. The second-order valence-corrected chi connectivity index (χ2v) is 4.32. The Morgan fingerprint density at radius 1 is 1.57 bits per heavy atom. The van der Waals surface area contributed by atoms with E-state index in [9.17, 15) is 3.07 Å². The number of aromatic nitrogens is 1. The van der Waals surface area contributed by atoms with E-state index in [0.29, 0.717) is 5.92 Å². The van der Waals surface area contributed by atoms with Gasteiger partial charge in [-0.25, -0.2) is 3.07 Å². The van der Waals surface area contributed by atoms with Gasteiger partial charge in [0.15, 0.2) is 0 Å². The van der Waals surface area contributed by atoms with Crippen LogP contribution in [0.4, 0.5) is 0 Å². The molecule has 0 aliphatic heterocycles. The fourth-order valence-electron chi connectivity index (χ4n) is 1.30. The molecule has 1 rings (SSSR count). The lowest BCUT2D eigenvalue weighted by molar-refractivity contribution is 0.609. The van der Waals surface area contributed by atoms with Gasteiger partial charge in [0.2, 0.25) is 0 Å². The van der Waals surface area contributed by atoms with Gasteiger partial charge in [0.05, 0.1) is 0 Å². The van der Waals surface area contributed by atoms with Crippen molar-refractivity contribution in [2.45, 2.75) is 19.8 Å². The Balaban J connectivity index is 2.89. The average Bonchev–Trinajstić information content (AvgIpc) is 2.19. The molecule has 0 bridgehead atoms. The van der Waals surface area contributed by atoms with Gasteiger partial charge in [-0.1, -0.05) is 19.9 Å². The van der Waals surface area contributed by atoms with Gasteiger partial charge in [-0.3, -0.25) is 4.98 Å². The number of rotatable bonds is 4. The molecule has 1 heterocycles. The van der Waals surface area contributed by atoms with Crippen molar-refractivity contribution in [3.05, 3.63) is 30.1 Å². The van der Waals surface area contributed by atoms with Gasteiger partial charge in [0.25, 0.3) is 21.5 Å². The van der Waals surface area contributed by atoms with E-state index in [-0.39, 0.29) is 5.92 Å². The molecule has 0 saturated carbocycles. The minimum atomic E-state index is -1.24. The van der Waals surface area contributed by atoms with Gasteiger partial charge in [0.1, 0.15) is 0 Å². The quantitative estimate of drug-likeness (QED) is 0.633. The van der Waals surface area contributed by atoms with E-state index < -0.39 is 21.5 Å². The monoisotopic (exact) mass is 304 g/mol. The molecule has 1 aromatic heterocycles. The third kappa shape index (κ3) is 3.25. The summed E-state index contributed by atoms with van der Waals surface area (Å²) in [4.78, 5) is 4.07. The van der Waals surface area contributed by atoms with Crippen LogP contribution in [-0.2, 0) is 3.07 Å². The molecule has 1 aromatic rings. The van der Waals surface area contributed by atoms with Gasteiger partial charge in [-0.15, -0.1) is 0 Å². The van der Waals surface area contributed by atoms with E-state index in [1.54, 1.807) is 12.4 Å². The number of hydrogen-bond donors (Lipinski definition) is 0. The van der Waals surface area contributed by atoms with E-state index in [1.165, 1.54) is 0 Å². The number of hydrogen-bond acceptors (Lipinski definition) is 2. The fraction of sp³-hybridized carbons (Fsp3) is 0.400. The van der Waals surface area contributed by atoms with Crippen molar-refractivity contribution in [2.24, 2.45) is 9.12 Å². The van der Waals surface area contributed by atoms with E-state index in [4.69, 9.17) is 0 Å². The van der Waals surface area contributed by atoms with E-state index in [2.05, 4.69) is 22.0 Å². The molecule has 0 amide bonds. The zero-order chi connectivity index (χ0) is 10.4. The molecule has 0 N–H and O–H groups in total. The van der Waals surface area contributed by atoms with Crippen LogP contribution in [0.1, 0.15) is 25.3 Å². The fourth-order valence-corrected chi connectivity index (χ4v) is 1.78. The molecule has 0 aromatic carbocycles. The van der Waals surface area contributed by atoms with E-state index in [0.717, 1.165) is 5.56 Å². The molecule has 0 aliphatic carbocycles. The van der Waals surface area contributed by atoms with Crippen LogP contribution in [0, 0.1) is 5.92 Å². The SMILES string of the molecule is CC(C)C(/C=N/I=O)c1cccnc1. The molecule has 14 heavy (non-hydrogen) atoms. The highest BCUT2D eigenvalue weighted by atomic mass is 127. The van der Waals surface area contributed by atoms with Crippen LogP contribution in [0.5, 0.6) is 0 Å². The lowest BCUT2D eigenvalue weighted by Crippen LogP contribution is -2.07. The lowest BCUT2D eigenvalue weighted by Gasteiger charge is -2.15. The predicted molar refractivity (Wildman–Crippen MR) is 65.0 cm³/mol.